The minimum Gasteiger partial charge on any atom is -0.308 e. The lowest BCUT2D eigenvalue weighted by atomic mass is 9.67. The van der Waals surface area contributed by atoms with Crippen LogP contribution in [-0.2, 0) is 4.79 Å². The van der Waals surface area contributed by atoms with E-state index in [9.17, 15) is 4.79 Å². The smallest absolute Gasteiger partial charge is 0.224 e. The Morgan fingerprint density at radius 3 is 2.41 bits per heavy atom. The Balaban J connectivity index is 1.60. The number of hydrogen-bond acceptors (Lipinski definition) is 2. The molecule has 0 saturated heterocycles. The van der Waals surface area contributed by atoms with E-state index in [0.717, 1.165) is 18.0 Å². The molecule has 3 heteroatoms. The van der Waals surface area contributed by atoms with Gasteiger partial charge in [-0.3, -0.25) is 4.79 Å². The van der Waals surface area contributed by atoms with E-state index in [2.05, 4.69) is 43.1 Å². The number of para-hydroxylation sites is 1. The van der Waals surface area contributed by atoms with Crippen LogP contribution in [0, 0.1) is 16.7 Å². The number of fused-ring (bicyclic) bond motifs is 2. The summed E-state index contributed by atoms with van der Waals surface area (Å²) in [5.74, 6) is 1.01. The lowest BCUT2D eigenvalue weighted by Crippen LogP contribution is -2.61. The highest BCUT2D eigenvalue weighted by molar-refractivity contribution is 5.92. The van der Waals surface area contributed by atoms with Crippen LogP contribution in [0.1, 0.15) is 72.6 Å². The van der Waals surface area contributed by atoms with Gasteiger partial charge in [0.15, 0.2) is 0 Å². The third kappa shape index (κ3) is 3.22. The summed E-state index contributed by atoms with van der Waals surface area (Å²) in [5, 5.41) is 4.14. The molecule has 3 saturated carbocycles. The highest BCUT2D eigenvalue weighted by atomic mass is 16.2. The minimum absolute atomic E-state index is 0.165. The van der Waals surface area contributed by atoms with Crippen molar-refractivity contribution >= 4 is 11.6 Å². The summed E-state index contributed by atoms with van der Waals surface area (Å²) in [6.07, 6.45) is 8.86. The van der Waals surface area contributed by atoms with E-state index < -0.39 is 0 Å². The molecule has 0 radical (unpaired) electrons. The maximum atomic E-state index is 12.6. The zero-order valence-corrected chi connectivity index (χ0v) is 17.5. The van der Waals surface area contributed by atoms with Gasteiger partial charge in [-0.05, 0) is 61.0 Å². The molecule has 0 spiro atoms. The van der Waals surface area contributed by atoms with Crippen LogP contribution in [0.15, 0.2) is 30.3 Å². The average molecular weight is 369 g/mol. The molecule has 148 valence electrons. The van der Waals surface area contributed by atoms with Gasteiger partial charge in [-0.2, -0.15) is 0 Å². The fraction of sp³-hybridized carbons (Fsp3) is 0.708. The number of carbonyl (C=O) groups excluding carboxylic acids is 1. The Hall–Kier alpha value is -1.35. The van der Waals surface area contributed by atoms with Crippen molar-refractivity contribution in [3.63, 3.8) is 0 Å². The van der Waals surface area contributed by atoms with E-state index in [4.69, 9.17) is 0 Å². The SMILES string of the molecule is CC(=O)N(c1ccccc1)C1CCCCC1NC1C2(C)CCC(C2)C1(C)C. The second kappa shape index (κ2) is 6.92. The third-order valence-corrected chi connectivity index (χ3v) is 8.09. The van der Waals surface area contributed by atoms with E-state index in [1.54, 1.807) is 6.92 Å². The average Bonchev–Trinajstić information content (AvgIpc) is 3.12. The molecule has 0 aromatic heterocycles. The van der Waals surface area contributed by atoms with Crippen LogP contribution in [0.4, 0.5) is 5.69 Å². The second-order valence-corrected chi connectivity index (χ2v) is 10.2. The maximum Gasteiger partial charge on any atom is 0.224 e. The molecule has 3 aliphatic carbocycles. The van der Waals surface area contributed by atoms with Gasteiger partial charge in [-0.1, -0.05) is 51.8 Å². The summed E-state index contributed by atoms with van der Waals surface area (Å²) < 4.78 is 0. The minimum atomic E-state index is 0.165. The monoisotopic (exact) mass is 368 g/mol. The zero-order chi connectivity index (χ0) is 19.2. The molecule has 5 unspecified atom stereocenters. The van der Waals surface area contributed by atoms with Crippen molar-refractivity contribution in [1.29, 1.82) is 0 Å². The molecular weight excluding hydrogens is 332 g/mol. The predicted octanol–water partition coefficient (Wildman–Crippen LogP) is 5.16. The number of nitrogens with one attached hydrogen (secondary N) is 1. The van der Waals surface area contributed by atoms with Crippen molar-refractivity contribution < 1.29 is 4.79 Å². The van der Waals surface area contributed by atoms with E-state index in [1.165, 1.54) is 38.5 Å². The van der Waals surface area contributed by atoms with Crippen molar-refractivity contribution in [3.05, 3.63) is 30.3 Å². The maximum absolute atomic E-state index is 12.6. The van der Waals surface area contributed by atoms with Crippen molar-refractivity contribution in [1.82, 2.24) is 5.32 Å². The topological polar surface area (TPSA) is 32.3 Å². The van der Waals surface area contributed by atoms with Gasteiger partial charge in [0.25, 0.3) is 0 Å². The van der Waals surface area contributed by atoms with Crippen molar-refractivity contribution in [2.24, 2.45) is 16.7 Å². The van der Waals surface area contributed by atoms with E-state index in [0.29, 0.717) is 22.9 Å². The highest BCUT2D eigenvalue weighted by Crippen LogP contribution is 2.62. The normalized spacial score (nSPS) is 37.3. The third-order valence-electron chi connectivity index (χ3n) is 8.09. The first-order valence-electron chi connectivity index (χ1n) is 10.9. The van der Waals surface area contributed by atoms with Gasteiger partial charge < -0.3 is 10.2 Å². The molecule has 3 fully saturated rings. The van der Waals surface area contributed by atoms with Crippen LogP contribution in [0.25, 0.3) is 0 Å². The molecule has 3 aliphatic rings. The summed E-state index contributed by atoms with van der Waals surface area (Å²) in [6.45, 7) is 9.16. The van der Waals surface area contributed by atoms with Gasteiger partial charge in [0.1, 0.15) is 0 Å². The Morgan fingerprint density at radius 1 is 1.07 bits per heavy atom. The van der Waals surface area contributed by atoms with Crippen LogP contribution in [0.2, 0.25) is 0 Å². The van der Waals surface area contributed by atoms with Crippen molar-refractivity contribution in [2.45, 2.75) is 90.8 Å². The largest absolute Gasteiger partial charge is 0.308 e. The summed E-state index contributed by atoms with van der Waals surface area (Å²) in [5.41, 5.74) is 1.81. The lowest BCUT2D eigenvalue weighted by molar-refractivity contribution is -0.117. The van der Waals surface area contributed by atoms with E-state index >= 15 is 0 Å². The number of anilines is 1. The quantitative estimate of drug-likeness (QED) is 0.796. The number of hydrogen-bond donors (Lipinski definition) is 1. The number of amides is 1. The Labute approximate surface area is 164 Å². The van der Waals surface area contributed by atoms with E-state index in [-0.39, 0.29) is 11.9 Å². The molecule has 27 heavy (non-hydrogen) atoms. The number of carbonyl (C=O) groups is 1. The summed E-state index contributed by atoms with van der Waals surface area (Å²) in [7, 11) is 0. The van der Waals surface area contributed by atoms with Gasteiger partial charge in [-0.15, -0.1) is 0 Å². The molecule has 1 N–H and O–H groups in total. The molecule has 0 aliphatic heterocycles. The van der Waals surface area contributed by atoms with Gasteiger partial charge in [0, 0.05) is 24.7 Å². The Morgan fingerprint density at radius 2 is 1.78 bits per heavy atom. The zero-order valence-electron chi connectivity index (χ0n) is 17.5. The standard InChI is InChI=1S/C24H36N2O/c1-17(27)26(19-10-6-5-7-11-19)21-13-9-8-12-20(21)25-22-23(2,3)18-14-15-24(22,4)16-18/h5-7,10-11,18,20-22,25H,8-9,12-16H2,1-4H3. The van der Waals surface area contributed by atoms with Gasteiger partial charge in [-0.25, -0.2) is 0 Å². The van der Waals surface area contributed by atoms with Gasteiger partial charge >= 0.3 is 0 Å². The summed E-state index contributed by atoms with van der Waals surface area (Å²) in [4.78, 5) is 14.7. The molecule has 5 atom stereocenters. The first kappa shape index (κ1) is 19.0. The molecule has 4 rings (SSSR count). The summed E-state index contributed by atoms with van der Waals surface area (Å²) in [6, 6.07) is 11.5. The highest BCUT2D eigenvalue weighted by Gasteiger charge is 2.59. The molecule has 3 nitrogen and oxygen atoms in total. The molecule has 1 aromatic carbocycles. The molecular formula is C24H36N2O. The van der Waals surface area contributed by atoms with Crippen molar-refractivity contribution in [2.75, 3.05) is 4.90 Å². The lowest BCUT2D eigenvalue weighted by Gasteiger charge is -2.48. The van der Waals surface area contributed by atoms with Crippen LogP contribution >= 0.6 is 0 Å². The van der Waals surface area contributed by atoms with Crippen molar-refractivity contribution in [3.8, 4) is 0 Å². The fourth-order valence-electron chi connectivity index (χ4n) is 6.74. The number of rotatable bonds is 4. The molecule has 0 heterocycles. The van der Waals surface area contributed by atoms with Crippen LogP contribution < -0.4 is 10.2 Å². The Kier molecular flexibility index (Phi) is 4.86. The van der Waals surface area contributed by atoms with Crippen LogP contribution in [0.3, 0.4) is 0 Å². The van der Waals surface area contributed by atoms with Crippen LogP contribution in [-0.4, -0.2) is 24.0 Å². The number of benzene rings is 1. The number of nitrogens with zero attached hydrogens (tertiary/aromatic N) is 1. The molecule has 1 amide bonds. The second-order valence-electron chi connectivity index (χ2n) is 10.2. The molecule has 2 bridgehead atoms. The fourth-order valence-corrected chi connectivity index (χ4v) is 6.74. The Bertz CT molecular complexity index is 680. The first-order valence-corrected chi connectivity index (χ1v) is 10.9. The predicted molar refractivity (Wildman–Crippen MR) is 112 cm³/mol. The van der Waals surface area contributed by atoms with Gasteiger partial charge in [0.2, 0.25) is 5.91 Å². The van der Waals surface area contributed by atoms with E-state index in [1.807, 2.05) is 18.2 Å². The first-order chi connectivity index (χ1) is 12.8. The van der Waals surface area contributed by atoms with Gasteiger partial charge in [0.05, 0.1) is 6.04 Å². The summed E-state index contributed by atoms with van der Waals surface area (Å²) >= 11 is 0. The van der Waals surface area contributed by atoms with Crippen LogP contribution in [0.5, 0.6) is 0 Å². The molecule has 1 aromatic rings.